The van der Waals surface area contributed by atoms with Crippen molar-refractivity contribution in [2.75, 3.05) is 10.2 Å². The largest absolute Gasteiger partial charge is 0.324 e. The van der Waals surface area contributed by atoms with Gasteiger partial charge in [-0.3, -0.25) is 29.5 Å². The highest BCUT2D eigenvalue weighted by Crippen LogP contribution is 2.53. The van der Waals surface area contributed by atoms with Crippen molar-refractivity contribution in [2.45, 2.75) is 19.0 Å². The lowest BCUT2D eigenvalue weighted by Gasteiger charge is -2.33. The Labute approximate surface area is 211 Å². The number of amides is 3. The maximum atomic E-state index is 13.9. The average molecular weight is 495 g/mol. The molecular formula is C27H21N5O5. The first-order chi connectivity index (χ1) is 17.9. The number of hydrazone groups is 1. The van der Waals surface area contributed by atoms with E-state index < -0.39 is 46.6 Å². The number of aryl methyl sites for hydroxylation is 1. The number of fused-ring (bicyclic) bond motifs is 5. The van der Waals surface area contributed by atoms with E-state index in [-0.39, 0.29) is 11.4 Å². The molecule has 3 heterocycles. The SMILES string of the molecule is Cc1cc([N+](=O)[O-])ccc1N1C(=O)[C@H]2[C@@H](C1=O)C1c3ccccc3C=NN1[C@H]2C(=O)Nc1ccccc1. The number of carbonyl (C=O) groups excluding carboxylic acids is 3. The predicted molar refractivity (Wildman–Crippen MR) is 135 cm³/mol. The standard InChI is InChI=1S/C27H21N5O5/c1-15-13-18(32(36)37)11-12-20(15)30-26(34)21-22(27(30)35)24(25(33)29-17-8-3-2-4-9-17)31-23(21)19-10-6-5-7-16(19)14-28-31/h2-14,21-24H,1H3,(H,29,33)/t21-,22+,23?,24-/m1/s1. The molecule has 0 aromatic heterocycles. The third kappa shape index (κ3) is 3.40. The third-order valence-electron chi connectivity index (χ3n) is 7.24. The third-order valence-corrected chi connectivity index (χ3v) is 7.24. The van der Waals surface area contributed by atoms with Gasteiger partial charge in [0.2, 0.25) is 17.7 Å². The molecule has 6 rings (SSSR count). The van der Waals surface area contributed by atoms with Gasteiger partial charge in [0.25, 0.3) is 5.69 Å². The summed E-state index contributed by atoms with van der Waals surface area (Å²) in [6.07, 6.45) is 1.64. The number of nitro groups is 1. The Morgan fingerprint density at radius 2 is 1.68 bits per heavy atom. The van der Waals surface area contributed by atoms with E-state index in [1.165, 1.54) is 18.2 Å². The van der Waals surface area contributed by atoms with Gasteiger partial charge in [-0.2, -0.15) is 5.10 Å². The summed E-state index contributed by atoms with van der Waals surface area (Å²) in [6, 6.07) is 18.7. The minimum Gasteiger partial charge on any atom is -0.324 e. The molecule has 0 saturated carbocycles. The number of rotatable bonds is 4. The number of benzene rings is 3. The van der Waals surface area contributed by atoms with Crippen molar-refractivity contribution in [3.63, 3.8) is 0 Å². The van der Waals surface area contributed by atoms with Crippen molar-refractivity contribution in [3.8, 4) is 0 Å². The molecule has 2 saturated heterocycles. The van der Waals surface area contributed by atoms with Crippen LogP contribution in [0.1, 0.15) is 22.7 Å². The molecule has 1 N–H and O–H groups in total. The van der Waals surface area contributed by atoms with Gasteiger partial charge in [0.1, 0.15) is 6.04 Å². The van der Waals surface area contributed by atoms with E-state index in [4.69, 9.17) is 0 Å². The summed E-state index contributed by atoms with van der Waals surface area (Å²) in [7, 11) is 0. The Bertz CT molecular complexity index is 1500. The zero-order valence-electron chi connectivity index (χ0n) is 19.6. The van der Waals surface area contributed by atoms with E-state index in [1.54, 1.807) is 42.4 Å². The first kappa shape index (κ1) is 22.6. The molecule has 3 aromatic rings. The molecule has 10 heteroatoms. The number of carbonyl (C=O) groups is 3. The molecule has 3 aliphatic rings. The van der Waals surface area contributed by atoms with Gasteiger partial charge >= 0.3 is 0 Å². The first-order valence-corrected chi connectivity index (χ1v) is 11.8. The number of hydrogen-bond donors (Lipinski definition) is 1. The van der Waals surface area contributed by atoms with Gasteiger partial charge < -0.3 is 5.32 Å². The Morgan fingerprint density at radius 1 is 0.973 bits per heavy atom. The molecule has 2 fully saturated rings. The maximum Gasteiger partial charge on any atom is 0.269 e. The second kappa shape index (κ2) is 8.37. The lowest BCUT2D eigenvalue weighted by atomic mass is 9.85. The molecule has 0 aliphatic carbocycles. The Kier molecular flexibility index (Phi) is 5.11. The molecule has 3 aromatic carbocycles. The maximum absolute atomic E-state index is 13.9. The average Bonchev–Trinajstić information content (AvgIpc) is 3.37. The second-order valence-corrected chi connectivity index (χ2v) is 9.29. The summed E-state index contributed by atoms with van der Waals surface area (Å²) in [5, 5.41) is 20.2. The highest BCUT2D eigenvalue weighted by molar-refractivity contribution is 6.24. The summed E-state index contributed by atoms with van der Waals surface area (Å²) >= 11 is 0. The Hall–Kier alpha value is -4.86. The lowest BCUT2D eigenvalue weighted by Crippen LogP contribution is -2.46. The van der Waals surface area contributed by atoms with Crippen LogP contribution in [0.2, 0.25) is 0 Å². The quantitative estimate of drug-likeness (QED) is 0.336. The van der Waals surface area contributed by atoms with Gasteiger partial charge in [-0.1, -0.05) is 42.5 Å². The monoisotopic (exact) mass is 495 g/mol. The predicted octanol–water partition coefficient (Wildman–Crippen LogP) is 3.42. The van der Waals surface area contributed by atoms with Crippen LogP contribution in [0.5, 0.6) is 0 Å². The van der Waals surface area contributed by atoms with Crippen molar-refractivity contribution in [2.24, 2.45) is 16.9 Å². The lowest BCUT2D eigenvalue weighted by molar-refractivity contribution is -0.384. The Balaban J connectivity index is 1.45. The van der Waals surface area contributed by atoms with Gasteiger partial charge in [-0.15, -0.1) is 0 Å². The molecule has 3 amide bonds. The van der Waals surface area contributed by atoms with Gasteiger partial charge in [0.05, 0.1) is 34.7 Å². The Morgan fingerprint density at radius 3 is 2.41 bits per heavy atom. The van der Waals surface area contributed by atoms with Crippen LogP contribution >= 0.6 is 0 Å². The summed E-state index contributed by atoms with van der Waals surface area (Å²) in [4.78, 5) is 53.2. The molecule has 184 valence electrons. The fourth-order valence-electron chi connectivity index (χ4n) is 5.65. The van der Waals surface area contributed by atoms with Gasteiger partial charge in [0, 0.05) is 17.8 Å². The summed E-state index contributed by atoms with van der Waals surface area (Å²) in [5.41, 5.74) is 2.75. The van der Waals surface area contributed by atoms with Gasteiger partial charge in [-0.05, 0) is 41.8 Å². The number of imide groups is 1. The zero-order chi connectivity index (χ0) is 25.8. The molecule has 3 aliphatic heterocycles. The highest BCUT2D eigenvalue weighted by atomic mass is 16.6. The van der Waals surface area contributed by atoms with E-state index in [9.17, 15) is 24.5 Å². The number of hydrogen-bond acceptors (Lipinski definition) is 7. The number of anilines is 2. The van der Waals surface area contributed by atoms with E-state index in [0.29, 0.717) is 11.3 Å². The number of nitrogens with one attached hydrogen (secondary N) is 1. The zero-order valence-corrected chi connectivity index (χ0v) is 19.6. The van der Waals surface area contributed by atoms with Crippen LogP contribution in [-0.4, -0.2) is 39.9 Å². The fourth-order valence-corrected chi connectivity index (χ4v) is 5.65. The normalized spacial score (nSPS) is 23.5. The van der Waals surface area contributed by atoms with E-state index in [2.05, 4.69) is 10.4 Å². The number of non-ortho nitro benzene ring substituents is 1. The van der Waals surface area contributed by atoms with Crippen molar-refractivity contribution in [1.29, 1.82) is 0 Å². The second-order valence-electron chi connectivity index (χ2n) is 9.29. The minimum atomic E-state index is -1.03. The summed E-state index contributed by atoms with van der Waals surface area (Å²) in [5.74, 6) is -3.26. The summed E-state index contributed by atoms with van der Waals surface area (Å²) < 4.78 is 0. The topological polar surface area (TPSA) is 125 Å². The first-order valence-electron chi connectivity index (χ1n) is 11.8. The number of nitrogens with zero attached hydrogens (tertiary/aromatic N) is 4. The van der Waals surface area contributed by atoms with E-state index in [0.717, 1.165) is 16.0 Å². The van der Waals surface area contributed by atoms with Crippen molar-refractivity contribution in [1.82, 2.24) is 5.01 Å². The van der Waals surface area contributed by atoms with Gasteiger partial charge in [0.15, 0.2) is 0 Å². The molecular weight excluding hydrogens is 474 g/mol. The molecule has 0 radical (unpaired) electrons. The van der Waals surface area contributed by atoms with Crippen LogP contribution in [0.25, 0.3) is 0 Å². The van der Waals surface area contributed by atoms with Crippen molar-refractivity contribution < 1.29 is 19.3 Å². The van der Waals surface area contributed by atoms with E-state index >= 15 is 0 Å². The highest BCUT2D eigenvalue weighted by Gasteiger charge is 2.65. The minimum absolute atomic E-state index is 0.137. The van der Waals surface area contributed by atoms with Gasteiger partial charge in [-0.25, -0.2) is 4.90 Å². The molecule has 0 spiro atoms. The van der Waals surface area contributed by atoms with Crippen LogP contribution in [0.15, 0.2) is 77.9 Å². The smallest absolute Gasteiger partial charge is 0.269 e. The summed E-state index contributed by atoms with van der Waals surface area (Å²) in [6.45, 7) is 1.61. The molecule has 10 nitrogen and oxygen atoms in total. The number of para-hydroxylation sites is 1. The fraction of sp³-hybridized carbons (Fsp3) is 0.185. The van der Waals surface area contributed by atoms with E-state index in [1.807, 2.05) is 30.3 Å². The van der Waals surface area contributed by atoms with Crippen LogP contribution in [0, 0.1) is 28.9 Å². The molecule has 0 bridgehead atoms. The number of nitro benzene ring substituents is 1. The molecule has 37 heavy (non-hydrogen) atoms. The van der Waals surface area contributed by atoms with Crippen LogP contribution in [0.4, 0.5) is 17.1 Å². The van der Waals surface area contributed by atoms with Crippen LogP contribution < -0.4 is 10.2 Å². The van der Waals surface area contributed by atoms with Crippen molar-refractivity contribution in [3.05, 3.63) is 99.6 Å². The molecule has 4 atom stereocenters. The molecule has 1 unspecified atom stereocenters. The van der Waals surface area contributed by atoms with Crippen molar-refractivity contribution >= 4 is 41.0 Å². The van der Waals surface area contributed by atoms with Crippen LogP contribution in [0.3, 0.4) is 0 Å². The van der Waals surface area contributed by atoms with Crippen LogP contribution in [-0.2, 0) is 14.4 Å².